The summed E-state index contributed by atoms with van der Waals surface area (Å²) in [5.41, 5.74) is 6.79. The molecule has 2 N–H and O–H groups in total. The molecule has 4 nitrogen and oxygen atoms in total. The van der Waals surface area contributed by atoms with Crippen LogP contribution in [0.1, 0.15) is 18.5 Å². The molecule has 5 heteroatoms. The molecule has 0 amide bonds. The van der Waals surface area contributed by atoms with E-state index in [4.69, 9.17) is 10.5 Å². The Morgan fingerprint density at radius 2 is 2.47 bits per heavy atom. The van der Waals surface area contributed by atoms with Gasteiger partial charge in [0, 0.05) is 19.3 Å². The summed E-state index contributed by atoms with van der Waals surface area (Å²) in [5, 5.41) is 0. The number of nitrogens with zero attached hydrogens (tertiary/aromatic N) is 2. The maximum atomic E-state index is 13.1. The molecule has 17 heavy (non-hydrogen) atoms. The van der Waals surface area contributed by atoms with E-state index in [9.17, 15) is 4.39 Å². The van der Waals surface area contributed by atoms with Crippen molar-refractivity contribution in [1.29, 1.82) is 0 Å². The first-order valence-corrected chi connectivity index (χ1v) is 5.90. The number of nitrogens with two attached hydrogens (primary N) is 1. The van der Waals surface area contributed by atoms with Crippen LogP contribution < -0.4 is 5.73 Å². The number of pyridine rings is 1. The van der Waals surface area contributed by atoms with Crippen LogP contribution >= 0.6 is 0 Å². The number of hydrogen-bond donors (Lipinski definition) is 1. The van der Waals surface area contributed by atoms with E-state index in [0.29, 0.717) is 12.2 Å². The van der Waals surface area contributed by atoms with Gasteiger partial charge in [0.2, 0.25) is 0 Å². The van der Waals surface area contributed by atoms with Crippen molar-refractivity contribution >= 4 is 0 Å². The Bertz CT molecular complexity index is 375. The first kappa shape index (κ1) is 12.4. The number of morpholine rings is 1. The summed E-state index contributed by atoms with van der Waals surface area (Å²) in [5.74, 6) is -0.360. The molecule has 0 aliphatic carbocycles. The maximum Gasteiger partial charge on any atom is 0.141 e. The molecule has 1 aliphatic rings. The molecule has 0 aromatic carbocycles. The summed E-state index contributed by atoms with van der Waals surface area (Å²) in [4.78, 5) is 6.09. The molecule has 1 aromatic heterocycles. The second kappa shape index (κ2) is 5.53. The van der Waals surface area contributed by atoms with Crippen LogP contribution in [0.5, 0.6) is 0 Å². The van der Waals surface area contributed by atoms with Crippen molar-refractivity contribution < 1.29 is 9.13 Å². The van der Waals surface area contributed by atoms with Gasteiger partial charge in [-0.2, -0.15) is 0 Å². The van der Waals surface area contributed by atoms with Gasteiger partial charge in [0.05, 0.1) is 24.9 Å². The molecule has 0 radical (unpaired) electrons. The molecule has 2 atom stereocenters. The van der Waals surface area contributed by atoms with Crippen molar-refractivity contribution in [2.24, 2.45) is 5.73 Å². The molecule has 94 valence electrons. The molecular formula is C12H18FN3O. The van der Waals surface area contributed by atoms with Crippen molar-refractivity contribution in [3.63, 3.8) is 0 Å². The zero-order valence-electron chi connectivity index (χ0n) is 9.97. The minimum Gasteiger partial charge on any atom is -0.374 e. The van der Waals surface area contributed by atoms with Crippen LogP contribution in [0.15, 0.2) is 18.5 Å². The molecule has 0 saturated carbocycles. The lowest BCUT2D eigenvalue weighted by Gasteiger charge is -2.35. The third-order valence-electron chi connectivity index (χ3n) is 3.14. The first-order valence-electron chi connectivity index (χ1n) is 5.90. The van der Waals surface area contributed by atoms with Gasteiger partial charge in [0.25, 0.3) is 0 Å². The molecule has 1 fully saturated rings. The normalized spacial score (nSPS) is 23.6. The third-order valence-corrected chi connectivity index (χ3v) is 3.14. The molecule has 2 unspecified atom stereocenters. The van der Waals surface area contributed by atoms with Crippen molar-refractivity contribution in [3.05, 3.63) is 29.8 Å². The number of rotatable bonds is 3. The van der Waals surface area contributed by atoms with E-state index < -0.39 is 0 Å². The fraction of sp³-hybridized carbons (Fsp3) is 0.583. The third kappa shape index (κ3) is 3.00. The Kier molecular flexibility index (Phi) is 4.04. The Morgan fingerprint density at radius 3 is 3.18 bits per heavy atom. The lowest BCUT2D eigenvalue weighted by molar-refractivity contribution is -0.0393. The van der Waals surface area contributed by atoms with E-state index >= 15 is 0 Å². The molecular weight excluding hydrogens is 221 g/mol. The van der Waals surface area contributed by atoms with Gasteiger partial charge in [-0.3, -0.25) is 9.88 Å². The first-order chi connectivity index (χ1) is 8.20. The van der Waals surface area contributed by atoms with Crippen molar-refractivity contribution in [2.45, 2.75) is 19.1 Å². The fourth-order valence-electron chi connectivity index (χ4n) is 2.06. The highest BCUT2D eigenvalue weighted by molar-refractivity contribution is 5.16. The van der Waals surface area contributed by atoms with E-state index in [-0.39, 0.29) is 18.0 Å². The summed E-state index contributed by atoms with van der Waals surface area (Å²) in [6, 6.07) is 1.10. The van der Waals surface area contributed by atoms with Gasteiger partial charge in [0.1, 0.15) is 5.82 Å². The monoisotopic (exact) mass is 239 g/mol. The molecule has 0 spiro atoms. The lowest BCUT2D eigenvalue weighted by atomic mass is 10.0. The van der Waals surface area contributed by atoms with E-state index in [1.807, 2.05) is 0 Å². The minimum atomic E-state index is -0.360. The standard InChI is InChI=1S/C12H18FN3O/c1-2-16-3-4-17-11(8-16)12(14)9-5-10(13)7-15-6-9/h5-7,11-12H,2-4,8,14H2,1H3. The second-order valence-electron chi connectivity index (χ2n) is 4.26. The molecule has 2 rings (SSSR count). The van der Waals surface area contributed by atoms with Crippen LogP contribution in [0.4, 0.5) is 4.39 Å². The fourth-order valence-corrected chi connectivity index (χ4v) is 2.06. The van der Waals surface area contributed by atoms with Crippen LogP contribution in [-0.2, 0) is 4.74 Å². The van der Waals surface area contributed by atoms with Crippen molar-refractivity contribution in [1.82, 2.24) is 9.88 Å². The van der Waals surface area contributed by atoms with Gasteiger partial charge < -0.3 is 10.5 Å². The van der Waals surface area contributed by atoms with E-state index in [1.54, 1.807) is 6.20 Å². The van der Waals surface area contributed by atoms with Gasteiger partial charge in [-0.15, -0.1) is 0 Å². The summed E-state index contributed by atoms with van der Waals surface area (Å²) in [6.45, 7) is 5.48. The maximum absolute atomic E-state index is 13.1. The largest absolute Gasteiger partial charge is 0.374 e. The molecule has 1 aliphatic heterocycles. The quantitative estimate of drug-likeness (QED) is 0.853. The van der Waals surface area contributed by atoms with Crippen LogP contribution in [0.3, 0.4) is 0 Å². The Hall–Kier alpha value is -1.04. The van der Waals surface area contributed by atoms with Gasteiger partial charge in [0.15, 0.2) is 0 Å². The average Bonchev–Trinajstić information content (AvgIpc) is 2.38. The summed E-state index contributed by atoms with van der Waals surface area (Å²) < 4.78 is 18.7. The van der Waals surface area contributed by atoms with Crippen LogP contribution in [0.25, 0.3) is 0 Å². The second-order valence-corrected chi connectivity index (χ2v) is 4.26. The van der Waals surface area contributed by atoms with Crippen LogP contribution in [0, 0.1) is 5.82 Å². The van der Waals surface area contributed by atoms with Crippen molar-refractivity contribution in [3.8, 4) is 0 Å². The van der Waals surface area contributed by atoms with Gasteiger partial charge in [-0.05, 0) is 18.2 Å². The summed E-state index contributed by atoms with van der Waals surface area (Å²) in [7, 11) is 0. The number of ether oxygens (including phenoxy) is 1. The highest BCUT2D eigenvalue weighted by Crippen LogP contribution is 2.20. The SMILES string of the molecule is CCN1CCOC(C(N)c2cncc(F)c2)C1. The van der Waals surface area contributed by atoms with Gasteiger partial charge in [-0.25, -0.2) is 4.39 Å². The van der Waals surface area contributed by atoms with Gasteiger partial charge >= 0.3 is 0 Å². The van der Waals surface area contributed by atoms with Crippen molar-refractivity contribution in [2.75, 3.05) is 26.2 Å². The van der Waals surface area contributed by atoms with Crippen LogP contribution in [-0.4, -0.2) is 42.2 Å². The minimum absolute atomic E-state index is 0.0905. The zero-order valence-corrected chi connectivity index (χ0v) is 9.97. The Labute approximate surface area is 101 Å². The Balaban J connectivity index is 2.06. The smallest absolute Gasteiger partial charge is 0.141 e. The van der Waals surface area contributed by atoms with E-state index in [1.165, 1.54) is 12.3 Å². The lowest BCUT2D eigenvalue weighted by Crippen LogP contribution is -2.46. The molecule has 1 aromatic rings. The number of hydrogen-bond acceptors (Lipinski definition) is 4. The average molecular weight is 239 g/mol. The molecule has 2 heterocycles. The van der Waals surface area contributed by atoms with Crippen LogP contribution in [0.2, 0.25) is 0 Å². The zero-order chi connectivity index (χ0) is 12.3. The van der Waals surface area contributed by atoms with Gasteiger partial charge in [-0.1, -0.05) is 6.92 Å². The van der Waals surface area contributed by atoms with E-state index in [0.717, 1.165) is 19.6 Å². The highest BCUT2D eigenvalue weighted by atomic mass is 19.1. The van der Waals surface area contributed by atoms with E-state index in [2.05, 4.69) is 16.8 Å². The topological polar surface area (TPSA) is 51.4 Å². The number of aromatic nitrogens is 1. The number of likely N-dealkylation sites (N-methyl/N-ethyl adjacent to an activating group) is 1. The Morgan fingerprint density at radius 1 is 1.65 bits per heavy atom. The predicted molar refractivity (Wildman–Crippen MR) is 63.0 cm³/mol. The summed E-state index contributed by atoms with van der Waals surface area (Å²) in [6.07, 6.45) is 2.69. The molecule has 0 bridgehead atoms. The predicted octanol–water partition coefficient (Wildman–Crippen LogP) is 0.941. The highest BCUT2D eigenvalue weighted by Gasteiger charge is 2.26. The summed E-state index contributed by atoms with van der Waals surface area (Å²) >= 11 is 0. The molecule has 1 saturated heterocycles. The number of halogens is 1.